The van der Waals surface area contributed by atoms with Gasteiger partial charge in [0, 0.05) is 22.9 Å². The van der Waals surface area contributed by atoms with Crippen LogP contribution < -0.4 is 4.74 Å². The van der Waals surface area contributed by atoms with Crippen molar-refractivity contribution in [2.75, 3.05) is 0 Å². The third-order valence-electron chi connectivity index (χ3n) is 5.31. The first-order valence-corrected chi connectivity index (χ1v) is 9.42. The number of para-hydroxylation sites is 2. The van der Waals surface area contributed by atoms with Crippen molar-refractivity contribution in [3.8, 4) is 22.8 Å². The van der Waals surface area contributed by atoms with Gasteiger partial charge in [-0.3, -0.25) is 0 Å². The molecule has 27 heavy (non-hydrogen) atoms. The van der Waals surface area contributed by atoms with Crippen molar-refractivity contribution in [3.63, 3.8) is 0 Å². The summed E-state index contributed by atoms with van der Waals surface area (Å²) in [5.41, 5.74) is 5.80. The van der Waals surface area contributed by atoms with Crippen molar-refractivity contribution in [1.29, 1.82) is 0 Å². The summed E-state index contributed by atoms with van der Waals surface area (Å²) in [4.78, 5) is 0. The number of fused-ring (bicyclic) bond motifs is 3. The SMILES string of the molecule is CC(C)(C)c1ccc2c(c1-c1cc3ccccc3o1)Cc1ccccc1O2. The van der Waals surface area contributed by atoms with E-state index in [1.807, 2.05) is 30.3 Å². The molecule has 134 valence electrons. The lowest BCUT2D eigenvalue weighted by Crippen LogP contribution is -2.15. The molecule has 0 N–H and O–H groups in total. The summed E-state index contributed by atoms with van der Waals surface area (Å²) < 4.78 is 12.5. The van der Waals surface area contributed by atoms with Crippen LogP contribution in [0.15, 0.2) is 71.1 Å². The molecule has 3 aromatic carbocycles. The Bertz CT molecular complexity index is 1130. The predicted octanol–water partition coefficient (Wildman–Crippen LogP) is 7.09. The van der Waals surface area contributed by atoms with Crippen LogP contribution in [-0.4, -0.2) is 0 Å². The summed E-state index contributed by atoms with van der Waals surface area (Å²) in [6.07, 6.45) is 0.849. The lowest BCUT2D eigenvalue weighted by atomic mass is 9.79. The van der Waals surface area contributed by atoms with E-state index >= 15 is 0 Å². The monoisotopic (exact) mass is 354 g/mol. The maximum Gasteiger partial charge on any atom is 0.136 e. The Balaban J connectivity index is 1.78. The quantitative estimate of drug-likeness (QED) is 0.320. The molecule has 2 nitrogen and oxygen atoms in total. The van der Waals surface area contributed by atoms with Crippen LogP contribution >= 0.6 is 0 Å². The van der Waals surface area contributed by atoms with E-state index < -0.39 is 0 Å². The third-order valence-corrected chi connectivity index (χ3v) is 5.31. The van der Waals surface area contributed by atoms with Crippen molar-refractivity contribution in [2.45, 2.75) is 32.6 Å². The molecule has 0 fully saturated rings. The van der Waals surface area contributed by atoms with Crippen molar-refractivity contribution >= 4 is 11.0 Å². The van der Waals surface area contributed by atoms with Gasteiger partial charge in [0.15, 0.2) is 0 Å². The number of benzene rings is 3. The van der Waals surface area contributed by atoms with Crippen molar-refractivity contribution in [3.05, 3.63) is 83.4 Å². The van der Waals surface area contributed by atoms with E-state index in [0.717, 1.165) is 34.6 Å². The van der Waals surface area contributed by atoms with Gasteiger partial charge in [0.25, 0.3) is 0 Å². The Hall–Kier alpha value is -3.00. The molecule has 0 atom stereocenters. The van der Waals surface area contributed by atoms with Gasteiger partial charge in [0.2, 0.25) is 0 Å². The second-order valence-electron chi connectivity index (χ2n) is 8.25. The molecule has 0 radical (unpaired) electrons. The van der Waals surface area contributed by atoms with E-state index in [-0.39, 0.29) is 5.41 Å². The highest BCUT2D eigenvalue weighted by Crippen LogP contribution is 2.46. The van der Waals surface area contributed by atoms with E-state index in [1.165, 1.54) is 22.3 Å². The summed E-state index contributed by atoms with van der Waals surface area (Å²) in [6, 6.07) is 22.9. The van der Waals surface area contributed by atoms with Crippen LogP contribution in [0.5, 0.6) is 11.5 Å². The third kappa shape index (κ3) is 2.64. The molecule has 1 aliphatic heterocycles. The van der Waals surface area contributed by atoms with Crippen LogP contribution in [0.2, 0.25) is 0 Å². The second-order valence-corrected chi connectivity index (χ2v) is 8.25. The maximum absolute atomic E-state index is 6.29. The predicted molar refractivity (Wildman–Crippen MR) is 110 cm³/mol. The first kappa shape index (κ1) is 16.2. The van der Waals surface area contributed by atoms with E-state index in [2.05, 4.69) is 57.2 Å². The van der Waals surface area contributed by atoms with Gasteiger partial charge in [-0.2, -0.15) is 0 Å². The summed E-state index contributed by atoms with van der Waals surface area (Å²) in [7, 11) is 0. The van der Waals surface area contributed by atoms with Crippen LogP contribution in [0.4, 0.5) is 0 Å². The number of ether oxygens (including phenoxy) is 1. The smallest absolute Gasteiger partial charge is 0.136 e. The Morgan fingerprint density at radius 1 is 0.815 bits per heavy atom. The zero-order chi connectivity index (χ0) is 18.6. The standard InChI is InChI=1S/C25H22O2/c1-25(2,3)19-12-13-22-18(14-16-8-4-6-10-20(16)26-22)24(19)23-15-17-9-5-7-11-21(17)27-23/h4-13,15H,14H2,1-3H3. The van der Waals surface area contributed by atoms with Crippen molar-refractivity contribution < 1.29 is 9.15 Å². The lowest BCUT2D eigenvalue weighted by molar-refractivity contribution is 0.458. The van der Waals surface area contributed by atoms with Crippen LogP contribution in [0.25, 0.3) is 22.3 Å². The normalized spacial score (nSPS) is 13.1. The van der Waals surface area contributed by atoms with Gasteiger partial charge >= 0.3 is 0 Å². The summed E-state index contributed by atoms with van der Waals surface area (Å²) in [6.45, 7) is 6.75. The average Bonchev–Trinajstić information content (AvgIpc) is 3.08. The fraction of sp³-hybridized carbons (Fsp3) is 0.200. The zero-order valence-electron chi connectivity index (χ0n) is 15.9. The number of hydrogen-bond acceptors (Lipinski definition) is 2. The maximum atomic E-state index is 6.29. The van der Waals surface area contributed by atoms with Gasteiger partial charge < -0.3 is 9.15 Å². The molecule has 5 rings (SSSR count). The fourth-order valence-electron chi connectivity index (χ4n) is 3.97. The molecule has 0 saturated heterocycles. The molecule has 1 aromatic heterocycles. The minimum atomic E-state index is 0.000300. The van der Waals surface area contributed by atoms with Gasteiger partial charge in [-0.25, -0.2) is 0 Å². The second kappa shape index (κ2) is 5.75. The number of furan rings is 1. The number of hydrogen-bond donors (Lipinski definition) is 0. The molecule has 0 aliphatic carbocycles. The minimum absolute atomic E-state index is 0.000300. The fourth-order valence-corrected chi connectivity index (χ4v) is 3.97. The highest BCUT2D eigenvalue weighted by Gasteiger charge is 2.28. The van der Waals surface area contributed by atoms with Crippen LogP contribution in [0, 0.1) is 0 Å². The van der Waals surface area contributed by atoms with Gasteiger partial charge in [0.05, 0.1) is 0 Å². The molecule has 4 aromatic rings. The Morgan fingerprint density at radius 2 is 1.59 bits per heavy atom. The summed E-state index contributed by atoms with van der Waals surface area (Å²) in [5, 5.41) is 1.13. The van der Waals surface area contributed by atoms with Gasteiger partial charge in [0.1, 0.15) is 22.8 Å². The molecular weight excluding hydrogens is 332 g/mol. The van der Waals surface area contributed by atoms with Crippen molar-refractivity contribution in [2.24, 2.45) is 0 Å². The zero-order valence-corrected chi connectivity index (χ0v) is 15.9. The van der Waals surface area contributed by atoms with Crippen molar-refractivity contribution in [1.82, 2.24) is 0 Å². The molecule has 0 unspecified atom stereocenters. The molecule has 1 aliphatic rings. The summed E-state index contributed by atoms with van der Waals surface area (Å²) in [5.74, 6) is 2.79. The number of rotatable bonds is 1. The lowest BCUT2D eigenvalue weighted by Gasteiger charge is -2.28. The van der Waals surface area contributed by atoms with E-state index in [0.29, 0.717) is 0 Å². The first-order valence-electron chi connectivity index (χ1n) is 9.42. The average molecular weight is 354 g/mol. The van der Waals surface area contributed by atoms with E-state index in [4.69, 9.17) is 9.15 Å². The van der Waals surface area contributed by atoms with Gasteiger partial charge in [-0.15, -0.1) is 0 Å². The molecule has 0 saturated carbocycles. The molecule has 2 heterocycles. The minimum Gasteiger partial charge on any atom is -0.457 e. The molecule has 0 bridgehead atoms. The molecule has 0 amide bonds. The van der Waals surface area contributed by atoms with Crippen LogP contribution in [0.1, 0.15) is 37.5 Å². The molecule has 0 spiro atoms. The Labute approximate surface area is 159 Å². The van der Waals surface area contributed by atoms with Gasteiger partial charge in [-0.05, 0) is 40.8 Å². The molecule has 2 heteroatoms. The highest BCUT2D eigenvalue weighted by atomic mass is 16.5. The van der Waals surface area contributed by atoms with Gasteiger partial charge in [-0.1, -0.05) is 63.2 Å². The van der Waals surface area contributed by atoms with E-state index in [9.17, 15) is 0 Å². The van der Waals surface area contributed by atoms with E-state index in [1.54, 1.807) is 0 Å². The Kier molecular flexibility index (Phi) is 3.45. The van der Waals surface area contributed by atoms with Crippen LogP contribution in [0.3, 0.4) is 0 Å². The largest absolute Gasteiger partial charge is 0.457 e. The molecular formula is C25H22O2. The Morgan fingerprint density at radius 3 is 2.41 bits per heavy atom. The summed E-state index contributed by atoms with van der Waals surface area (Å²) >= 11 is 0. The van der Waals surface area contributed by atoms with Crippen LogP contribution in [-0.2, 0) is 11.8 Å². The highest BCUT2D eigenvalue weighted by molar-refractivity contribution is 5.85. The first-order chi connectivity index (χ1) is 13.0. The topological polar surface area (TPSA) is 22.4 Å².